The monoisotopic (exact) mass is 226 g/mol. The molecule has 0 fully saturated rings. The Morgan fingerprint density at radius 3 is 2.60 bits per heavy atom. The van der Waals surface area contributed by atoms with E-state index in [0.29, 0.717) is 18.5 Å². The molecule has 0 aliphatic carbocycles. The second-order valence-corrected chi connectivity index (χ2v) is 4.20. The molecule has 1 unspecified atom stereocenters. The van der Waals surface area contributed by atoms with Crippen molar-refractivity contribution in [1.29, 1.82) is 0 Å². The molecule has 0 radical (unpaired) electrons. The summed E-state index contributed by atoms with van der Waals surface area (Å²) in [6, 6.07) is 8.87. The lowest BCUT2D eigenvalue weighted by Gasteiger charge is -2.02. The number of hydrogen-bond acceptors (Lipinski definition) is 2. The summed E-state index contributed by atoms with van der Waals surface area (Å²) in [6.45, 7) is 0.426. The normalized spacial score (nSPS) is 10.9. The summed E-state index contributed by atoms with van der Waals surface area (Å²) in [4.78, 5) is 20.0. The first-order valence-electron chi connectivity index (χ1n) is 4.67. The van der Waals surface area contributed by atoms with Gasteiger partial charge in [0.15, 0.2) is 6.16 Å². The Kier molecular flexibility index (Phi) is 4.95. The van der Waals surface area contributed by atoms with Crippen LogP contribution in [0.3, 0.4) is 0 Å². The minimum Gasteiger partial charge on any atom is -0.352 e. The molecule has 2 N–H and O–H groups in total. The van der Waals surface area contributed by atoms with Gasteiger partial charge in [-0.3, -0.25) is 4.79 Å². The fourth-order valence-electron chi connectivity index (χ4n) is 1.11. The van der Waals surface area contributed by atoms with Gasteiger partial charge in [0.05, 0.1) is 0 Å². The Labute approximate surface area is 89.2 Å². The van der Waals surface area contributed by atoms with Crippen LogP contribution < -0.4 is 5.32 Å². The van der Waals surface area contributed by atoms with E-state index in [4.69, 9.17) is 4.89 Å². The molecule has 0 saturated carbocycles. The molecule has 5 heteroatoms. The van der Waals surface area contributed by atoms with Crippen LogP contribution in [0.5, 0.6) is 0 Å². The van der Waals surface area contributed by atoms with Crippen LogP contribution in [-0.2, 0) is 4.57 Å². The Morgan fingerprint density at radius 1 is 1.33 bits per heavy atom. The van der Waals surface area contributed by atoms with Crippen LogP contribution in [0.4, 0.5) is 0 Å². The van der Waals surface area contributed by atoms with Crippen molar-refractivity contribution in [3.63, 3.8) is 0 Å². The number of carbonyl (C=O) groups is 1. The van der Waals surface area contributed by atoms with Crippen LogP contribution in [-0.4, -0.2) is 23.5 Å². The van der Waals surface area contributed by atoms with E-state index >= 15 is 0 Å². The third kappa shape index (κ3) is 4.68. The Hall–Kier alpha value is -1.25. The van der Waals surface area contributed by atoms with Gasteiger partial charge in [-0.2, -0.15) is 4.89 Å². The van der Waals surface area contributed by atoms with Crippen LogP contribution in [0.2, 0.25) is 0 Å². The van der Waals surface area contributed by atoms with Gasteiger partial charge in [-0.15, -0.1) is 0 Å². The van der Waals surface area contributed by atoms with Crippen molar-refractivity contribution in [2.75, 3.05) is 12.7 Å². The first-order chi connectivity index (χ1) is 7.20. The van der Waals surface area contributed by atoms with Gasteiger partial charge in [0.1, 0.15) is 0 Å². The van der Waals surface area contributed by atoms with Crippen LogP contribution in [0.15, 0.2) is 30.3 Å². The van der Waals surface area contributed by atoms with Gasteiger partial charge in [0, 0.05) is 18.5 Å². The number of carbonyl (C=O) groups excluding carboxylic acids is 1. The van der Waals surface area contributed by atoms with Crippen molar-refractivity contribution in [2.24, 2.45) is 0 Å². The van der Waals surface area contributed by atoms with E-state index < -0.39 is 8.03 Å². The van der Waals surface area contributed by atoms with Gasteiger partial charge < -0.3 is 5.32 Å². The van der Waals surface area contributed by atoms with Crippen molar-refractivity contribution in [3.05, 3.63) is 35.9 Å². The van der Waals surface area contributed by atoms with E-state index in [2.05, 4.69) is 5.32 Å². The predicted molar refractivity (Wildman–Crippen MR) is 58.1 cm³/mol. The van der Waals surface area contributed by atoms with Crippen molar-refractivity contribution in [1.82, 2.24) is 5.32 Å². The first-order valence-corrected chi connectivity index (χ1v) is 6.06. The molecule has 1 rings (SSSR count). The molecule has 0 heterocycles. The molecule has 1 atom stereocenters. The third-order valence-corrected chi connectivity index (χ3v) is 2.55. The highest BCUT2D eigenvalue weighted by Gasteiger charge is 2.09. The molecule has 4 nitrogen and oxygen atoms in total. The molecule has 1 aromatic carbocycles. The van der Waals surface area contributed by atoms with Crippen LogP contribution in [0, 0.1) is 0 Å². The lowest BCUT2D eigenvalue weighted by molar-refractivity contribution is 0.0953. The third-order valence-electron chi connectivity index (χ3n) is 1.85. The van der Waals surface area contributed by atoms with Gasteiger partial charge in [-0.25, -0.2) is 0 Å². The van der Waals surface area contributed by atoms with E-state index in [9.17, 15) is 9.36 Å². The number of amides is 1. The summed E-state index contributed by atoms with van der Waals surface area (Å²) >= 11 is 0. The molecule has 1 aromatic rings. The number of nitrogens with one attached hydrogen (secondary N) is 1. The van der Waals surface area contributed by atoms with Crippen molar-refractivity contribution in [3.8, 4) is 0 Å². The lowest BCUT2D eigenvalue weighted by atomic mass is 10.2. The van der Waals surface area contributed by atoms with Gasteiger partial charge >= 0.3 is 8.03 Å². The fourth-order valence-corrected chi connectivity index (χ4v) is 1.54. The molecule has 0 bridgehead atoms. The molecule has 0 aromatic heterocycles. The molecular weight excluding hydrogens is 213 g/mol. The second kappa shape index (κ2) is 6.27. The molecular formula is C10H13NO3P+. The van der Waals surface area contributed by atoms with E-state index in [1.807, 2.05) is 6.07 Å². The molecule has 0 aliphatic rings. The van der Waals surface area contributed by atoms with Crippen molar-refractivity contribution < 1.29 is 14.3 Å². The largest absolute Gasteiger partial charge is 0.505 e. The maximum Gasteiger partial charge on any atom is 0.505 e. The number of rotatable bonds is 5. The fraction of sp³-hybridized carbons (Fsp3) is 0.300. The van der Waals surface area contributed by atoms with Crippen molar-refractivity contribution in [2.45, 2.75) is 6.42 Å². The lowest BCUT2D eigenvalue weighted by Crippen LogP contribution is -2.24. The Balaban J connectivity index is 2.28. The Bertz CT molecular complexity index is 340. The standard InChI is InChI=1S/C10H12NO3P/c12-10(9-5-2-1-3-6-9)11-7-4-8-15(13)14/h1-3,5-6H,4,7-8H2,(H-,11,12,13,14)/p+1. The maximum atomic E-state index is 11.4. The molecule has 0 saturated heterocycles. The number of benzene rings is 1. The number of hydrogen-bond donors (Lipinski definition) is 2. The van der Waals surface area contributed by atoms with E-state index in [1.54, 1.807) is 24.3 Å². The summed E-state index contributed by atoms with van der Waals surface area (Å²) in [5.41, 5.74) is 0.603. The second-order valence-electron chi connectivity index (χ2n) is 3.05. The zero-order chi connectivity index (χ0) is 11.1. The van der Waals surface area contributed by atoms with Gasteiger partial charge in [0.2, 0.25) is 0 Å². The zero-order valence-electron chi connectivity index (χ0n) is 8.22. The van der Waals surface area contributed by atoms with E-state index in [1.165, 1.54) is 0 Å². The smallest absolute Gasteiger partial charge is 0.352 e. The molecule has 1 amide bonds. The van der Waals surface area contributed by atoms with Crippen LogP contribution in [0.25, 0.3) is 0 Å². The minimum absolute atomic E-state index is 0.149. The Morgan fingerprint density at radius 2 is 2.00 bits per heavy atom. The van der Waals surface area contributed by atoms with Crippen LogP contribution in [0.1, 0.15) is 16.8 Å². The highest BCUT2D eigenvalue weighted by atomic mass is 31.1. The minimum atomic E-state index is -2.09. The average molecular weight is 226 g/mol. The maximum absolute atomic E-state index is 11.4. The molecule has 0 aliphatic heterocycles. The summed E-state index contributed by atoms with van der Waals surface area (Å²) in [7, 11) is -2.09. The summed E-state index contributed by atoms with van der Waals surface area (Å²) in [5, 5.41) is 2.68. The SMILES string of the molecule is O=C(NCCC[P+](=O)O)c1ccccc1. The topological polar surface area (TPSA) is 66.4 Å². The summed E-state index contributed by atoms with van der Waals surface area (Å²) in [5.74, 6) is -0.149. The molecule has 80 valence electrons. The van der Waals surface area contributed by atoms with Gasteiger partial charge in [-0.1, -0.05) is 18.2 Å². The van der Waals surface area contributed by atoms with Crippen molar-refractivity contribution >= 4 is 13.9 Å². The van der Waals surface area contributed by atoms with E-state index in [-0.39, 0.29) is 12.1 Å². The first kappa shape index (κ1) is 11.8. The van der Waals surface area contributed by atoms with Crippen LogP contribution >= 0.6 is 8.03 Å². The van der Waals surface area contributed by atoms with Gasteiger partial charge in [0.25, 0.3) is 5.91 Å². The van der Waals surface area contributed by atoms with E-state index in [0.717, 1.165) is 0 Å². The zero-order valence-corrected chi connectivity index (χ0v) is 9.11. The molecule has 0 spiro atoms. The highest BCUT2D eigenvalue weighted by molar-refractivity contribution is 7.37. The predicted octanol–water partition coefficient (Wildman–Crippen LogP) is 1.54. The van der Waals surface area contributed by atoms with Gasteiger partial charge in [-0.05, 0) is 16.7 Å². The molecule has 15 heavy (non-hydrogen) atoms. The average Bonchev–Trinajstić information content (AvgIpc) is 2.25. The highest BCUT2D eigenvalue weighted by Crippen LogP contribution is 2.12. The quantitative estimate of drug-likeness (QED) is 0.591. The summed E-state index contributed by atoms with van der Waals surface area (Å²) in [6.07, 6.45) is 0.745. The summed E-state index contributed by atoms with van der Waals surface area (Å²) < 4.78 is 10.3.